The van der Waals surface area contributed by atoms with Gasteiger partial charge in [0.2, 0.25) is 0 Å². The molecule has 7 heteroatoms. The summed E-state index contributed by atoms with van der Waals surface area (Å²) in [5.41, 5.74) is 0.748. The second-order valence-corrected chi connectivity index (χ2v) is 6.77. The summed E-state index contributed by atoms with van der Waals surface area (Å²) in [6, 6.07) is 9.76. The maximum Gasteiger partial charge on any atom is 0.289 e. The number of carbonyl (C=O) groups is 1. The summed E-state index contributed by atoms with van der Waals surface area (Å²) in [5, 5.41) is 0.885. The Hall–Kier alpha value is -2.54. The van der Waals surface area contributed by atoms with Crippen LogP contribution in [0.3, 0.4) is 0 Å². The Morgan fingerprint density at radius 2 is 2.19 bits per heavy atom. The fourth-order valence-corrected chi connectivity index (χ4v) is 3.36. The van der Waals surface area contributed by atoms with E-state index in [1.54, 1.807) is 47.1 Å². The first-order chi connectivity index (χ1) is 12.6. The van der Waals surface area contributed by atoms with E-state index in [0.717, 1.165) is 10.7 Å². The number of hydrogen-bond donors (Lipinski definition) is 0. The van der Waals surface area contributed by atoms with Gasteiger partial charge in [0.25, 0.3) is 5.91 Å². The molecule has 0 N–H and O–H groups in total. The number of benzene rings is 1. The lowest BCUT2D eigenvalue weighted by molar-refractivity contribution is 0.0718. The van der Waals surface area contributed by atoms with Crippen LogP contribution in [0.2, 0.25) is 0 Å². The van der Waals surface area contributed by atoms with Crippen molar-refractivity contribution >= 4 is 17.7 Å². The van der Waals surface area contributed by atoms with Crippen molar-refractivity contribution in [2.75, 3.05) is 6.54 Å². The van der Waals surface area contributed by atoms with E-state index in [-0.39, 0.29) is 11.7 Å². The fraction of sp³-hybridized carbons (Fsp3) is 0.263. The number of imidazole rings is 1. The van der Waals surface area contributed by atoms with Crippen LogP contribution in [0.25, 0.3) is 0 Å². The number of carbonyl (C=O) groups excluding carboxylic acids is 1. The van der Waals surface area contributed by atoms with Crippen molar-refractivity contribution in [3.8, 4) is 0 Å². The molecule has 0 bridgehead atoms. The highest BCUT2D eigenvalue weighted by Gasteiger charge is 2.19. The Kier molecular flexibility index (Phi) is 5.78. The zero-order valence-corrected chi connectivity index (χ0v) is 15.5. The molecule has 0 aliphatic rings. The van der Waals surface area contributed by atoms with Gasteiger partial charge in [0.1, 0.15) is 11.6 Å². The van der Waals surface area contributed by atoms with Gasteiger partial charge in [-0.05, 0) is 36.8 Å². The maximum atomic E-state index is 13.3. The third kappa shape index (κ3) is 4.35. The second-order valence-electron chi connectivity index (χ2n) is 5.82. The van der Waals surface area contributed by atoms with Gasteiger partial charge >= 0.3 is 0 Å². The molecule has 5 nitrogen and oxygen atoms in total. The van der Waals surface area contributed by atoms with Crippen LogP contribution in [0.5, 0.6) is 0 Å². The quantitative estimate of drug-likeness (QED) is 0.585. The first kappa shape index (κ1) is 18.3. The molecule has 0 aliphatic carbocycles. The topological polar surface area (TPSA) is 51.3 Å². The first-order valence-corrected chi connectivity index (χ1v) is 9.28. The molecule has 1 aromatic carbocycles. The normalized spacial score (nSPS) is 10.9. The number of nitrogens with zero attached hydrogens (tertiary/aromatic N) is 3. The van der Waals surface area contributed by atoms with Crippen molar-refractivity contribution in [1.82, 2.24) is 14.5 Å². The first-order valence-electron chi connectivity index (χ1n) is 8.29. The summed E-state index contributed by atoms with van der Waals surface area (Å²) < 4.78 is 21.0. The molecule has 2 heterocycles. The molecule has 0 saturated carbocycles. The lowest BCUT2D eigenvalue weighted by Crippen LogP contribution is -2.30. The van der Waals surface area contributed by atoms with Crippen molar-refractivity contribution in [2.24, 2.45) is 7.05 Å². The Morgan fingerprint density at radius 3 is 2.88 bits per heavy atom. The Balaban J connectivity index is 1.64. The smallest absolute Gasteiger partial charge is 0.289 e. The van der Waals surface area contributed by atoms with Crippen LogP contribution in [0, 0.1) is 5.82 Å². The van der Waals surface area contributed by atoms with E-state index in [1.807, 2.05) is 24.7 Å². The minimum Gasteiger partial charge on any atom is -0.455 e. The van der Waals surface area contributed by atoms with E-state index in [9.17, 15) is 9.18 Å². The van der Waals surface area contributed by atoms with Crippen LogP contribution in [0.4, 0.5) is 4.39 Å². The number of hydrogen-bond acceptors (Lipinski definition) is 4. The van der Waals surface area contributed by atoms with Crippen molar-refractivity contribution in [2.45, 2.75) is 24.4 Å². The zero-order chi connectivity index (χ0) is 18.5. The SMILES string of the molecule is CCN(Cc1cccc(F)c1)C(=O)c1ccc(CSc2nccn2C)o1. The lowest BCUT2D eigenvalue weighted by Gasteiger charge is -2.19. The van der Waals surface area contributed by atoms with Gasteiger partial charge in [-0.2, -0.15) is 0 Å². The van der Waals surface area contributed by atoms with Crippen LogP contribution < -0.4 is 0 Å². The third-order valence-corrected chi connectivity index (χ3v) is 5.00. The molecule has 26 heavy (non-hydrogen) atoms. The van der Waals surface area contributed by atoms with Crippen molar-refractivity contribution in [1.29, 1.82) is 0 Å². The minimum absolute atomic E-state index is 0.204. The van der Waals surface area contributed by atoms with Crippen molar-refractivity contribution in [3.05, 3.63) is 71.7 Å². The summed E-state index contributed by atoms with van der Waals surface area (Å²) in [4.78, 5) is 18.6. The summed E-state index contributed by atoms with van der Waals surface area (Å²) >= 11 is 1.54. The molecule has 0 atom stereocenters. The van der Waals surface area contributed by atoms with Gasteiger partial charge in [-0.3, -0.25) is 4.79 Å². The number of furan rings is 1. The van der Waals surface area contributed by atoms with E-state index in [2.05, 4.69) is 4.98 Å². The van der Waals surface area contributed by atoms with Crippen LogP contribution in [0.15, 0.2) is 58.4 Å². The third-order valence-electron chi connectivity index (χ3n) is 3.92. The summed E-state index contributed by atoms with van der Waals surface area (Å²) in [6.07, 6.45) is 3.62. The van der Waals surface area contributed by atoms with Gasteiger partial charge in [-0.25, -0.2) is 9.37 Å². The molecule has 136 valence electrons. The average molecular weight is 373 g/mol. The summed E-state index contributed by atoms with van der Waals surface area (Å²) in [5.74, 6) is 1.08. The predicted octanol–water partition coefficient (Wildman–Crippen LogP) is 4.11. The van der Waals surface area contributed by atoms with Gasteiger partial charge in [-0.1, -0.05) is 23.9 Å². The van der Waals surface area contributed by atoms with Crippen LogP contribution in [-0.2, 0) is 19.3 Å². The lowest BCUT2D eigenvalue weighted by atomic mass is 10.2. The zero-order valence-electron chi connectivity index (χ0n) is 14.7. The molecule has 0 fully saturated rings. The fourth-order valence-electron chi connectivity index (χ4n) is 2.54. The van der Waals surface area contributed by atoms with E-state index in [1.165, 1.54) is 12.1 Å². The van der Waals surface area contributed by atoms with Gasteiger partial charge in [-0.15, -0.1) is 0 Å². The van der Waals surface area contributed by atoms with Crippen molar-refractivity contribution < 1.29 is 13.6 Å². The van der Waals surface area contributed by atoms with Crippen LogP contribution in [0.1, 0.15) is 28.8 Å². The standard InChI is InChI=1S/C19H20FN3O2S/c1-3-23(12-14-5-4-6-15(20)11-14)18(24)17-8-7-16(25-17)13-26-19-21-9-10-22(19)2/h4-11H,3,12-13H2,1-2H3. The minimum atomic E-state index is -0.308. The summed E-state index contributed by atoms with van der Waals surface area (Å²) in [7, 11) is 1.93. The highest BCUT2D eigenvalue weighted by atomic mass is 32.2. The van der Waals surface area contributed by atoms with Gasteiger partial charge in [0, 0.05) is 32.5 Å². The number of aromatic nitrogens is 2. The molecule has 0 unspecified atom stereocenters. The van der Waals surface area contributed by atoms with E-state index in [4.69, 9.17) is 4.42 Å². The molecule has 0 radical (unpaired) electrons. The van der Waals surface area contributed by atoms with E-state index >= 15 is 0 Å². The maximum absolute atomic E-state index is 13.3. The molecule has 2 aromatic heterocycles. The number of amides is 1. The molecule has 0 spiro atoms. The number of aryl methyl sites for hydroxylation is 1. The molecule has 0 aliphatic heterocycles. The highest BCUT2D eigenvalue weighted by Crippen LogP contribution is 2.22. The van der Waals surface area contributed by atoms with Gasteiger partial charge in [0.05, 0.1) is 5.75 Å². The largest absolute Gasteiger partial charge is 0.455 e. The molecular formula is C19H20FN3O2S. The molecule has 0 saturated heterocycles. The Labute approximate surface area is 155 Å². The Morgan fingerprint density at radius 1 is 1.35 bits per heavy atom. The highest BCUT2D eigenvalue weighted by molar-refractivity contribution is 7.98. The van der Waals surface area contributed by atoms with Gasteiger partial charge < -0.3 is 13.9 Å². The van der Waals surface area contributed by atoms with Crippen molar-refractivity contribution in [3.63, 3.8) is 0 Å². The predicted molar refractivity (Wildman–Crippen MR) is 98.3 cm³/mol. The van der Waals surface area contributed by atoms with Crippen LogP contribution in [-0.4, -0.2) is 26.9 Å². The molecule has 3 aromatic rings. The van der Waals surface area contributed by atoms with E-state index in [0.29, 0.717) is 30.4 Å². The number of thioether (sulfide) groups is 1. The molecular weight excluding hydrogens is 353 g/mol. The monoisotopic (exact) mass is 373 g/mol. The second kappa shape index (κ2) is 8.23. The number of halogens is 1. The summed E-state index contributed by atoms with van der Waals surface area (Å²) in [6.45, 7) is 2.73. The number of rotatable bonds is 7. The molecule has 1 amide bonds. The molecule has 3 rings (SSSR count). The van der Waals surface area contributed by atoms with E-state index < -0.39 is 0 Å². The average Bonchev–Trinajstić information content (AvgIpc) is 3.26. The Bertz CT molecular complexity index is 890. The van der Waals surface area contributed by atoms with Crippen LogP contribution >= 0.6 is 11.8 Å². The van der Waals surface area contributed by atoms with Gasteiger partial charge in [0.15, 0.2) is 10.9 Å².